The van der Waals surface area contributed by atoms with Crippen molar-refractivity contribution in [1.29, 1.82) is 0 Å². The quantitative estimate of drug-likeness (QED) is 0.393. The van der Waals surface area contributed by atoms with E-state index in [2.05, 4.69) is 6.08 Å². The van der Waals surface area contributed by atoms with E-state index in [-0.39, 0.29) is 18.3 Å². The lowest BCUT2D eigenvalue weighted by Gasteiger charge is -2.32. The molecule has 0 aromatic heterocycles. The van der Waals surface area contributed by atoms with Crippen molar-refractivity contribution in [1.82, 2.24) is 0 Å². The summed E-state index contributed by atoms with van der Waals surface area (Å²) in [4.78, 5) is 36.9. The van der Waals surface area contributed by atoms with E-state index in [9.17, 15) is 14.4 Å². The van der Waals surface area contributed by atoms with Crippen LogP contribution < -0.4 is 0 Å². The molecule has 2 bridgehead atoms. The molecule has 0 N–H and O–H groups in total. The van der Waals surface area contributed by atoms with Crippen molar-refractivity contribution in [3.05, 3.63) is 12.2 Å². The maximum atomic E-state index is 12.8. The molecular formula is C20H28O6. The maximum absolute atomic E-state index is 12.8. The van der Waals surface area contributed by atoms with Crippen molar-refractivity contribution in [2.45, 2.75) is 63.9 Å². The standard InChI is InChI=1S/C20H28O6/c1-3-19(8-4-5-9-19)26-17(22)13-25-18(23)20(12-16(21)24-2)11-14-6-7-15(20)10-14/h6-7,14-15H,3-5,8-13H2,1-2H3. The summed E-state index contributed by atoms with van der Waals surface area (Å²) in [6.45, 7) is 1.61. The lowest BCUT2D eigenvalue weighted by atomic mass is 9.73. The molecule has 0 aromatic rings. The topological polar surface area (TPSA) is 78.9 Å². The first-order chi connectivity index (χ1) is 12.4. The zero-order valence-electron chi connectivity index (χ0n) is 15.6. The highest BCUT2D eigenvalue weighted by atomic mass is 16.6. The zero-order chi connectivity index (χ0) is 18.8. The van der Waals surface area contributed by atoms with Gasteiger partial charge in [-0.25, -0.2) is 4.79 Å². The first kappa shape index (κ1) is 18.9. The third-order valence-electron chi connectivity index (χ3n) is 6.41. The zero-order valence-corrected chi connectivity index (χ0v) is 15.6. The van der Waals surface area contributed by atoms with Crippen molar-refractivity contribution in [2.75, 3.05) is 13.7 Å². The molecular weight excluding hydrogens is 336 g/mol. The second-order valence-electron chi connectivity index (χ2n) is 7.89. The summed E-state index contributed by atoms with van der Waals surface area (Å²) in [6.07, 6.45) is 10.1. The van der Waals surface area contributed by atoms with E-state index in [0.717, 1.165) is 38.5 Å². The van der Waals surface area contributed by atoms with E-state index < -0.39 is 35.5 Å². The molecule has 3 unspecified atom stereocenters. The summed E-state index contributed by atoms with van der Waals surface area (Å²) >= 11 is 0. The van der Waals surface area contributed by atoms with E-state index in [0.29, 0.717) is 6.42 Å². The molecule has 144 valence electrons. The average molecular weight is 364 g/mol. The van der Waals surface area contributed by atoms with Gasteiger partial charge in [-0.2, -0.15) is 0 Å². The van der Waals surface area contributed by atoms with Gasteiger partial charge in [0.15, 0.2) is 6.61 Å². The second-order valence-corrected chi connectivity index (χ2v) is 7.89. The molecule has 3 aliphatic carbocycles. The highest BCUT2D eigenvalue weighted by Crippen LogP contribution is 2.54. The highest BCUT2D eigenvalue weighted by molar-refractivity contribution is 5.86. The molecule has 3 atom stereocenters. The molecule has 2 fully saturated rings. The van der Waals surface area contributed by atoms with E-state index in [4.69, 9.17) is 14.2 Å². The van der Waals surface area contributed by atoms with Crippen LogP contribution in [0.1, 0.15) is 58.3 Å². The Balaban J connectivity index is 1.61. The van der Waals surface area contributed by atoms with Gasteiger partial charge in [-0.05, 0) is 56.8 Å². The molecule has 6 heteroatoms. The van der Waals surface area contributed by atoms with Crippen LogP contribution in [0.2, 0.25) is 0 Å². The summed E-state index contributed by atoms with van der Waals surface area (Å²) in [5.41, 5.74) is -1.31. The highest BCUT2D eigenvalue weighted by Gasteiger charge is 2.56. The number of carbonyl (C=O) groups is 3. The number of fused-ring (bicyclic) bond motifs is 2. The maximum Gasteiger partial charge on any atom is 0.344 e. The molecule has 26 heavy (non-hydrogen) atoms. The van der Waals surface area contributed by atoms with E-state index in [1.807, 2.05) is 13.0 Å². The Morgan fingerprint density at radius 1 is 1.12 bits per heavy atom. The number of hydrogen-bond acceptors (Lipinski definition) is 6. The van der Waals surface area contributed by atoms with Crippen LogP contribution >= 0.6 is 0 Å². The van der Waals surface area contributed by atoms with Crippen molar-refractivity contribution in [3.63, 3.8) is 0 Å². The Hall–Kier alpha value is -1.85. The van der Waals surface area contributed by atoms with Crippen molar-refractivity contribution < 1.29 is 28.6 Å². The second kappa shape index (κ2) is 7.41. The Morgan fingerprint density at radius 3 is 2.38 bits per heavy atom. The lowest BCUT2D eigenvalue weighted by Crippen LogP contribution is -2.40. The van der Waals surface area contributed by atoms with Gasteiger partial charge < -0.3 is 14.2 Å². The van der Waals surface area contributed by atoms with Gasteiger partial charge >= 0.3 is 17.9 Å². The third kappa shape index (κ3) is 3.51. The largest absolute Gasteiger partial charge is 0.469 e. The summed E-state index contributed by atoms with van der Waals surface area (Å²) < 4.78 is 15.7. The van der Waals surface area contributed by atoms with Gasteiger partial charge in [-0.15, -0.1) is 0 Å². The van der Waals surface area contributed by atoms with Gasteiger partial charge in [-0.1, -0.05) is 19.1 Å². The van der Waals surface area contributed by atoms with Crippen LogP contribution in [0.25, 0.3) is 0 Å². The van der Waals surface area contributed by atoms with E-state index >= 15 is 0 Å². The minimum absolute atomic E-state index is 0.0121. The predicted octanol–water partition coefficient (Wildman–Crippen LogP) is 2.94. The number of esters is 3. The predicted molar refractivity (Wildman–Crippen MR) is 93.0 cm³/mol. The molecule has 6 nitrogen and oxygen atoms in total. The number of methoxy groups -OCH3 is 1. The Morgan fingerprint density at radius 2 is 1.85 bits per heavy atom. The Kier molecular flexibility index (Phi) is 5.39. The van der Waals surface area contributed by atoms with Crippen LogP contribution in [0.15, 0.2) is 12.2 Å². The minimum atomic E-state index is -0.914. The van der Waals surface area contributed by atoms with Crippen molar-refractivity contribution in [2.24, 2.45) is 17.3 Å². The molecule has 3 rings (SSSR count). The fraction of sp³-hybridized carbons (Fsp3) is 0.750. The van der Waals surface area contributed by atoms with Gasteiger partial charge in [0, 0.05) is 0 Å². The van der Waals surface area contributed by atoms with Gasteiger partial charge in [0.1, 0.15) is 5.60 Å². The number of ether oxygens (including phenoxy) is 3. The monoisotopic (exact) mass is 364 g/mol. The summed E-state index contributed by atoms with van der Waals surface area (Å²) in [5, 5.41) is 0. The SMILES string of the molecule is CCC1(OC(=O)COC(=O)C2(CC(=O)OC)CC3C=CC2C3)CCCC1. The normalized spacial score (nSPS) is 31.0. The van der Waals surface area contributed by atoms with Crippen LogP contribution in [-0.2, 0) is 28.6 Å². The van der Waals surface area contributed by atoms with E-state index in [1.165, 1.54) is 7.11 Å². The fourth-order valence-corrected chi connectivity index (χ4v) is 4.88. The number of carbonyl (C=O) groups excluding carboxylic acids is 3. The average Bonchev–Trinajstić information content (AvgIpc) is 3.36. The van der Waals surface area contributed by atoms with Gasteiger partial charge in [0.2, 0.25) is 0 Å². The third-order valence-corrected chi connectivity index (χ3v) is 6.41. The van der Waals surface area contributed by atoms with Crippen LogP contribution in [0, 0.1) is 17.3 Å². The number of rotatable bonds is 7. The minimum Gasteiger partial charge on any atom is -0.469 e. The molecule has 0 spiro atoms. The van der Waals surface area contributed by atoms with Crippen LogP contribution in [0.4, 0.5) is 0 Å². The first-order valence-corrected chi connectivity index (χ1v) is 9.57. The van der Waals surface area contributed by atoms with Crippen LogP contribution in [0.5, 0.6) is 0 Å². The fourth-order valence-electron chi connectivity index (χ4n) is 4.88. The van der Waals surface area contributed by atoms with E-state index in [1.54, 1.807) is 0 Å². The Labute approximate surface area is 154 Å². The van der Waals surface area contributed by atoms with Crippen molar-refractivity contribution in [3.8, 4) is 0 Å². The molecule has 0 radical (unpaired) electrons. The number of hydrogen-bond donors (Lipinski definition) is 0. The van der Waals surface area contributed by atoms with Gasteiger partial charge in [-0.3, -0.25) is 9.59 Å². The van der Waals surface area contributed by atoms with Gasteiger partial charge in [0.05, 0.1) is 18.9 Å². The molecule has 0 amide bonds. The molecule has 0 aliphatic heterocycles. The molecule has 2 saturated carbocycles. The molecule has 0 saturated heterocycles. The number of allylic oxidation sites excluding steroid dienone is 2. The van der Waals surface area contributed by atoms with Crippen LogP contribution in [-0.4, -0.2) is 37.2 Å². The Bertz CT molecular complexity index is 603. The first-order valence-electron chi connectivity index (χ1n) is 9.57. The smallest absolute Gasteiger partial charge is 0.344 e. The summed E-state index contributed by atoms with van der Waals surface area (Å²) in [5.74, 6) is -1.18. The molecule has 0 aromatic carbocycles. The summed E-state index contributed by atoms with van der Waals surface area (Å²) in [7, 11) is 1.31. The lowest BCUT2D eigenvalue weighted by molar-refractivity contribution is -0.176. The van der Waals surface area contributed by atoms with Gasteiger partial charge in [0.25, 0.3) is 0 Å². The van der Waals surface area contributed by atoms with Crippen molar-refractivity contribution >= 4 is 17.9 Å². The molecule has 0 heterocycles. The van der Waals surface area contributed by atoms with Crippen LogP contribution in [0.3, 0.4) is 0 Å². The summed E-state index contributed by atoms with van der Waals surface area (Å²) in [6, 6.07) is 0. The molecule has 3 aliphatic rings.